The molecule has 0 saturated carbocycles. The number of ether oxygens (including phenoxy) is 1. The fourth-order valence-electron chi connectivity index (χ4n) is 2.71. The summed E-state index contributed by atoms with van der Waals surface area (Å²) in [6.07, 6.45) is 1.44. The van der Waals surface area contributed by atoms with E-state index in [4.69, 9.17) is 16.3 Å². The number of aryl methyl sites for hydroxylation is 1. The zero-order chi connectivity index (χ0) is 22.2. The van der Waals surface area contributed by atoms with Crippen molar-refractivity contribution in [3.8, 4) is 0 Å². The van der Waals surface area contributed by atoms with Crippen LogP contribution in [0.1, 0.15) is 31.8 Å². The van der Waals surface area contributed by atoms with Crippen LogP contribution in [0.3, 0.4) is 0 Å². The molecule has 0 atom stereocenters. The van der Waals surface area contributed by atoms with Crippen molar-refractivity contribution in [3.05, 3.63) is 94.3 Å². The zero-order valence-corrected chi connectivity index (χ0v) is 17.5. The zero-order valence-electron chi connectivity index (χ0n) is 16.7. The highest BCUT2D eigenvalue weighted by Gasteiger charge is 2.16. The Morgan fingerprint density at radius 3 is 2.42 bits per heavy atom. The number of benzene rings is 2. The van der Waals surface area contributed by atoms with E-state index in [1.54, 1.807) is 24.3 Å². The highest BCUT2D eigenvalue weighted by Crippen LogP contribution is 2.16. The molecule has 31 heavy (non-hydrogen) atoms. The summed E-state index contributed by atoms with van der Waals surface area (Å²) in [5, 5.41) is 5.41. The second kappa shape index (κ2) is 10.4. The minimum atomic E-state index is -0.766. The number of hydrogen-bond acceptors (Lipinski definition) is 5. The summed E-state index contributed by atoms with van der Waals surface area (Å²) in [4.78, 5) is 40.7. The molecule has 7 nitrogen and oxygen atoms in total. The summed E-state index contributed by atoms with van der Waals surface area (Å²) >= 11 is 5.84. The van der Waals surface area contributed by atoms with Crippen molar-refractivity contribution >= 4 is 35.1 Å². The second-order valence-electron chi connectivity index (χ2n) is 6.68. The molecule has 0 aliphatic rings. The summed E-state index contributed by atoms with van der Waals surface area (Å²) in [7, 11) is 0. The highest BCUT2D eigenvalue weighted by molar-refractivity contribution is 6.32. The molecule has 2 N–H and O–H groups in total. The lowest BCUT2D eigenvalue weighted by molar-refractivity contribution is -0.119. The number of carbonyl (C=O) groups excluding carboxylic acids is 3. The topological polar surface area (TPSA) is 97.4 Å². The summed E-state index contributed by atoms with van der Waals surface area (Å²) in [5.74, 6) is -1.69. The van der Waals surface area contributed by atoms with Crippen LogP contribution in [-0.4, -0.2) is 29.4 Å². The summed E-state index contributed by atoms with van der Waals surface area (Å²) < 4.78 is 4.98. The van der Waals surface area contributed by atoms with Gasteiger partial charge in [-0.25, -0.2) is 9.78 Å². The van der Waals surface area contributed by atoms with Gasteiger partial charge in [-0.3, -0.25) is 9.59 Å². The van der Waals surface area contributed by atoms with Crippen molar-refractivity contribution in [3.63, 3.8) is 0 Å². The molecule has 0 bridgehead atoms. The molecule has 2 aromatic carbocycles. The van der Waals surface area contributed by atoms with Crippen LogP contribution in [-0.2, 0) is 16.1 Å². The molecule has 8 heteroatoms. The Morgan fingerprint density at radius 2 is 1.68 bits per heavy atom. The van der Waals surface area contributed by atoms with E-state index in [-0.39, 0.29) is 16.6 Å². The smallest absolute Gasteiger partial charge is 0.341 e. The number of nitrogens with zero attached hydrogens (tertiary/aromatic N) is 1. The monoisotopic (exact) mass is 437 g/mol. The van der Waals surface area contributed by atoms with E-state index in [9.17, 15) is 14.4 Å². The number of carbonyl (C=O) groups is 3. The number of anilines is 1. The maximum Gasteiger partial charge on any atom is 0.341 e. The Morgan fingerprint density at radius 1 is 0.968 bits per heavy atom. The molecule has 2 amide bonds. The molecule has 0 spiro atoms. The van der Waals surface area contributed by atoms with Gasteiger partial charge in [0.1, 0.15) is 5.15 Å². The number of pyridine rings is 1. The van der Waals surface area contributed by atoms with Crippen LogP contribution in [0.4, 0.5) is 5.69 Å². The molecule has 3 aromatic rings. The molecule has 0 unspecified atom stereocenters. The van der Waals surface area contributed by atoms with Gasteiger partial charge >= 0.3 is 5.97 Å². The molecule has 0 radical (unpaired) electrons. The fourth-order valence-corrected chi connectivity index (χ4v) is 2.90. The van der Waals surface area contributed by atoms with Gasteiger partial charge in [0.25, 0.3) is 11.8 Å². The van der Waals surface area contributed by atoms with Gasteiger partial charge in [-0.05, 0) is 36.8 Å². The van der Waals surface area contributed by atoms with Crippen LogP contribution < -0.4 is 10.6 Å². The van der Waals surface area contributed by atoms with Gasteiger partial charge in [-0.1, -0.05) is 53.6 Å². The lowest BCUT2D eigenvalue weighted by atomic mass is 10.1. The lowest BCUT2D eigenvalue weighted by Crippen LogP contribution is -2.26. The van der Waals surface area contributed by atoms with E-state index >= 15 is 0 Å². The number of amides is 2. The maximum atomic E-state index is 12.6. The normalized spacial score (nSPS) is 10.3. The van der Waals surface area contributed by atoms with Gasteiger partial charge < -0.3 is 15.4 Å². The number of rotatable bonds is 7. The lowest BCUT2D eigenvalue weighted by Gasteiger charge is -2.12. The van der Waals surface area contributed by atoms with Gasteiger partial charge in [0.05, 0.1) is 16.8 Å². The van der Waals surface area contributed by atoms with E-state index in [1.807, 2.05) is 31.2 Å². The predicted octanol–water partition coefficient (Wildman–Crippen LogP) is 3.77. The maximum absolute atomic E-state index is 12.6. The van der Waals surface area contributed by atoms with Crippen molar-refractivity contribution in [2.75, 3.05) is 11.9 Å². The molecule has 0 aliphatic carbocycles. The van der Waals surface area contributed by atoms with Gasteiger partial charge in [0, 0.05) is 12.7 Å². The van der Waals surface area contributed by atoms with Crippen molar-refractivity contribution in [2.24, 2.45) is 0 Å². The summed E-state index contributed by atoms with van der Waals surface area (Å²) in [6, 6.07) is 17.4. The Kier molecular flexibility index (Phi) is 7.35. The van der Waals surface area contributed by atoms with Gasteiger partial charge in [0.15, 0.2) is 6.61 Å². The molecule has 3 rings (SSSR count). The Labute approximate surface area is 184 Å². The van der Waals surface area contributed by atoms with Crippen molar-refractivity contribution in [1.82, 2.24) is 10.3 Å². The highest BCUT2D eigenvalue weighted by atomic mass is 35.5. The Hall–Kier alpha value is -3.71. The first-order valence-corrected chi connectivity index (χ1v) is 9.82. The minimum Gasteiger partial charge on any atom is -0.452 e. The summed E-state index contributed by atoms with van der Waals surface area (Å²) in [5.41, 5.74) is 2.76. The predicted molar refractivity (Wildman–Crippen MR) is 117 cm³/mol. The number of para-hydroxylation sites is 1. The van der Waals surface area contributed by atoms with Crippen LogP contribution in [0.15, 0.2) is 66.9 Å². The van der Waals surface area contributed by atoms with E-state index in [2.05, 4.69) is 15.6 Å². The van der Waals surface area contributed by atoms with Crippen LogP contribution >= 0.6 is 11.6 Å². The second-order valence-corrected chi connectivity index (χ2v) is 7.04. The third kappa shape index (κ3) is 6.13. The quantitative estimate of drug-likeness (QED) is 0.433. The van der Waals surface area contributed by atoms with E-state index in [0.717, 1.165) is 11.1 Å². The van der Waals surface area contributed by atoms with Crippen LogP contribution in [0.25, 0.3) is 0 Å². The van der Waals surface area contributed by atoms with Crippen molar-refractivity contribution < 1.29 is 19.1 Å². The van der Waals surface area contributed by atoms with Gasteiger partial charge in [-0.2, -0.15) is 0 Å². The first-order valence-electron chi connectivity index (χ1n) is 9.44. The van der Waals surface area contributed by atoms with E-state index in [1.165, 1.54) is 18.3 Å². The van der Waals surface area contributed by atoms with E-state index in [0.29, 0.717) is 17.8 Å². The van der Waals surface area contributed by atoms with Crippen LogP contribution in [0.5, 0.6) is 0 Å². The van der Waals surface area contributed by atoms with Gasteiger partial charge in [0.2, 0.25) is 0 Å². The minimum absolute atomic E-state index is 0.0106. The first-order chi connectivity index (χ1) is 14.9. The number of nitrogens with one attached hydrogen (secondary N) is 2. The molecular formula is C23H20ClN3O4. The number of hydrogen-bond donors (Lipinski definition) is 2. The Balaban J connectivity index is 1.58. The molecule has 0 fully saturated rings. The average molecular weight is 438 g/mol. The Bertz CT molecular complexity index is 1100. The van der Waals surface area contributed by atoms with Gasteiger partial charge in [-0.15, -0.1) is 0 Å². The molecule has 1 heterocycles. The molecule has 0 saturated heterocycles. The van der Waals surface area contributed by atoms with Crippen molar-refractivity contribution in [2.45, 2.75) is 13.5 Å². The average Bonchev–Trinajstić information content (AvgIpc) is 2.77. The molecule has 1 aromatic heterocycles. The molecule has 158 valence electrons. The SMILES string of the molecule is Cc1ccc(CNC(=O)c2ccccc2NC(=O)COC(=O)c2cccnc2Cl)cc1. The molecular weight excluding hydrogens is 418 g/mol. The van der Waals surface area contributed by atoms with Crippen LogP contribution in [0.2, 0.25) is 5.15 Å². The van der Waals surface area contributed by atoms with E-state index < -0.39 is 18.5 Å². The number of aromatic nitrogens is 1. The van der Waals surface area contributed by atoms with Crippen molar-refractivity contribution in [1.29, 1.82) is 0 Å². The molecule has 0 aliphatic heterocycles. The number of esters is 1. The number of halogens is 1. The largest absolute Gasteiger partial charge is 0.452 e. The fraction of sp³-hybridized carbons (Fsp3) is 0.130. The third-order valence-electron chi connectivity index (χ3n) is 4.33. The summed E-state index contributed by atoms with van der Waals surface area (Å²) in [6.45, 7) is 1.80. The van der Waals surface area contributed by atoms with Crippen LogP contribution in [0, 0.1) is 6.92 Å². The standard InChI is InChI=1S/C23H20ClN3O4/c1-15-8-10-16(11-9-15)13-26-22(29)17-5-2-3-7-19(17)27-20(28)14-31-23(30)18-6-4-12-25-21(18)24/h2-12H,13-14H2,1H3,(H,26,29)(H,27,28). The first kappa shape index (κ1) is 22.0. The third-order valence-corrected chi connectivity index (χ3v) is 4.63.